The number of halogens is 47. The third-order valence-corrected chi connectivity index (χ3v) is 8.60. The number of hydrogen-bond donors (Lipinski definition) is 0. The summed E-state index contributed by atoms with van der Waals surface area (Å²) >= 11 is 0. The molecule has 0 aliphatic rings. The molecule has 71 heavy (non-hydrogen) atoms. The Morgan fingerprint density at radius 1 is 0.169 bits per heavy atom. The molecule has 0 heterocycles. The Morgan fingerprint density at radius 2 is 0.268 bits per heavy atom. The molecule has 0 saturated heterocycles. The first-order valence-corrected chi connectivity index (χ1v) is 14.6. The maximum atomic E-state index is 14.0. The molecule has 0 unspecified atom stereocenters. The second-order valence-corrected chi connectivity index (χ2v) is 13.0. The van der Waals surface area contributed by atoms with E-state index in [0.717, 1.165) is 0 Å². The zero-order valence-electron chi connectivity index (χ0n) is 29.8. The monoisotopic (exact) mass is 1180 g/mol. The number of alkyl halides is 45. The second-order valence-electron chi connectivity index (χ2n) is 13.0. The highest BCUT2D eigenvalue weighted by Gasteiger charge is 3.04. The van der Waals surface area contributed by atoms with Crippen molar-refractivity contribution in [1.29, 1.82) is 0 Å². The summed E-state index contributed by atoms with van der Waals surface area (Å²) in [5.74, 6) is -220. The molecule has 0 atom stereocenters. The van der Waals surface area contributed by atoms with E-state index in [9.17, 15) is 206 Å². The van der Waals surface area contributed by atoms with Crippen LogP contribution in [0.15, 0.2) is 5.83 Å². The molecule has 0 aliphatic carbocycles. The van der Waals surface area contributed by atoms with Gasteiger partial charge in [0.15, 0.2) is 6.33 Å². The van der Waals surface area contributed by atoms with Crippen molar-refractivity contribution < 1.29 is 206 Å². The Hall–Kier alpha value is -3.55. The lowest BCUT2D eigenvalue weighted by molar-refractivity contribution is -0.497. The van der Waals surface area contributed by atoms with Crippen LogP contribution in [0.2, 0.25) is 0 Å². The topological polar surface area (TPSA) is 0 Å². The van der Waals surface area contributed by atoms with Gasteiger partial charge in [0.25, 0.3) is 0 Å². The molecule has 425 valence electrons. The van der Waals surface area contributed by atoms with E-state index in [1.165, 1.54) is 0 Å². The van der Waals surface area contributed by atoms with Gasteiger partial charge in [-0.3, -0.25) is 0 Å². The molecule has 0 rings (SSSR count). The van der Waals surface area contributed by atoms with E-state index in [-0.39, 0.29) is 0 Å². The van der Waals surface area contributed by atoms with Crippen LogP contribution in [-0.2, 0) is 0 Å². The lowest BCUT2D eigenvalue weighted by atomic mass is 9.81. The molecule has 0 aromatic carbocycles. The molecule has 0 amide bonds. The maximum absolute atomic E-state index is 14.0. The van der Waals surface area contributed by atoms with E-state index in [4.69, 9.17) is 0 Å². The Morgan fingerprint density at radius 3 is 0.366 bits per heavy atom. The molecule has 0 saturated carbocycles. The quantitative estimate of drug-likeness (QED) is 0.101. The molecule has 0 aromatic rings. The van der Waals surface area contributed by atoms with Crippen molar-refractivity contribution in [2.45, 2.75) is 131 Å². The number of rotatable bonds is 21. The van der Waals surface area contributed by atoms with Crippen molar-refractivity contribution in [1.82, 2.24) is 0 Å². The summed E-state index contributed by atoms with van der Waals surface area (Å²) in [7, 11) is 0. The fourth-order valence-corrected chi connectivity index (χ4v) is 4.12. The van der Waals surface area contributed by atoms with Crippen molar-refractivity contribution in [2.24, 2.45) is 0 Å². The highest BCUT2D eigenvalue weighted by atomic mass is 19.4. The standard InChI is InChI=1S/C24F47/c25-1-2(26)3(27,28)4(29,30)5(31,32)6(33,34)7(35,36)8(37,38)9(39,40)10(41,42)11(43,44)12(45,46)13(47,48)14(49,50)15(51,52)16(53,54)17(55,56)18(57,58)19(59,60)20(61,62)21(63,64)22(65,66)23(67,68)24(69,70)71. The van der Waals surface area contributed by atoms with Gasteiger partial charge in [0, 0.05) is 0 Å². The van der Waals surface area contributed by atoms with Crippen LogP contribution in [0.5, 0.6) is 0 Å². The van der Waals surface area contributed by atoms with Crippen LogP contribution in [0.1, 0.15) is 0 Å². The third-order valence-electron chi connectivity index (χ3n) is 8.60. The molecule has 0 bridgehead atoms. The molecule has 1 radical (unpaired) electrons. The molecular formula is C24F47. The van der Waals surface area contributed by atoms with Crippen molar-refractivity contribution in [3.8, 4) is 0 Å². The van der Waals surface area contributed by atoms with Crippen LogP contribution in [-0.4, -0.2) is 131 Å². The van der Waals surface area contributed by atoms with E-state index in [0.29, 0.717) is 0 Å². The summed E-state index contributed by atoms with van der Waals surface area (Å²) < 4.78 is 638. The van der Waals surface area contributed by atoms with E-state index in [1.54, 1.807) is 0 Å². The van der Waals surface area contributed by atoms with Crippen LogP contribution in [0.25, 0.3) is 0 Å². The van der Waals surface area contributed by atoms with Gasteiger partial charge in [-0.2, -0.15) is 198 Å². The minimum atomic E-state index is -10.8. The summed E-state index contributed by atoms with van der Waals surface area (Å²) in [6.07, 6.45) is -10.1. The molecule has 0 aromatic heterocycles. The van der Waals surface area contributed by atoms with E-state index in [2.05, 4.69) is 0 Å². The molecule has 0 fully saturated rings. The summed E-state index contributed by atoms with van der Waals surface area (Å²) in [5.41, 5.74) is 0. The first-order chi connectivity index (χ1) is 29.7. The molecule has 0 aliphatic heterocycles. The lowest BCUT2D eigenvalue weighted by Gasteiger charge is -2.47. The average Bonchev–Trinajstić information content (AvgIpc) is 3.15. The second kappa shape index (κ2) is 16.2. The van der Waals surface area contributed by atoms with Crippen molar-refractivity contribution in [2.75, 3.05) is 0 Å². The van der Waals surface area contributed by atoms with E-state index >= 15 is 0 Å². The van der Waals surface area contributed by atoms with Crippen molar-refractivity contribution >= 4 is 0 Å². The van der Waals surface area contributed by atoms with Crippen LogP contribution in [0.3, 0.4) is 0 Å². The Labute approximate surface area is 350 Å². The summed E-state index contributed by atoms with van der Waals surface area (Å²) in [5, 5.41) is 0. The largest absolute Gasteiger partial charge is 0.460 e. The molecule has 0 spiro atoms. The van der Waals surface area contributed by atoms with Gasteiger partial charge in [-0.05, 0) is 0 Å². The minimum absolute atomic E-state index is 1.53. The van der Waals surface area contributed by atoms with Crippen LogP contribution in [0, 0.1) is 6.33 Å². The molecule has 0 N–H and O–H groups in total. The summed E-state index contributed by atoms with van der Waals surface area (Å²) in [4.78, 5) is 0. The third kappa shape index (κ3) is 7.38. The van der Waals surface area contributed by atoms with Gasteiger partial charge in [0.2, 0.25) is 5.83 Å². The predicted octanol–water partition coefficient (Wildman–Crippen LogP) is 15.5. The Bertz CT molecular complexity index is 1960. The van der Waals surface area contributed by atoms with Crippen LogP contribution < -0.4 is 0 Å². The molecule has 0 nitrogen and oxygen atoms in total. The van der Waals surface area contributed by atoms with Gasteiger partial charge in [-0.1, -0.05) is 0 Å². The SMILES string of the molecule is F/[C]=C(\F)C(F)(F)C(F)(F)C(F)(F)C(F)(F)C(F)(F)C(F)(F)C(F)(F)C(F)(F)C(F)(F)C(F)(F)C(F)(F)C(F)(F)C(F)(F)C(F)(F)C(F)(F)C(F)(F)C(F)(F)C(F)(F)C(F)(F)C(F)(F)C(F)(F)C(F)(F)F. The average molecular weight is 1180 g/mol. The van der Waals surface area contributed by atoms with Crippen molar-refractivity contribution in [3.63, 3.8) is 0 Å². The van der Waals surface area contributed by atoms with Gasteiger partial charge in [-0.15, -0.1) is 0 Å². The van der Waals surface area contributed by atoms with Gasteiger partial charge >= 0.3 is 131 Å². The van der Waals surface area contributed by atoms with Gasteiger partial charge in [0.05, 0.1) is 0 Å². The highest BCUT2D eigenvalue weighted by molar-refractivity contribution is 5.25. The maximum Gasteiger partial charge on any atom is 0.460 e. The van der Waals surface area contributed by atoms with Crippen LogP contribution >= 0.6 is 0 Å². The van der Waals surface area contributed by atoms with E-state index in [1.807, 2.05) is 0 Å². The first-order valence-electron chi connectivity index (χ1n) is 14.6. The zero-order valence-corrected chi connectivity index (χ0v) is 29.8. The fourth-order valence-electron chi connectivity index (χ4n) is 4.12. The Kier molecular flexibility index (Phi) is 15.4. The summed E-state index contributed by atoms with van der Waals surface area (Å²) in [6, 6.07) is 0. The van der Waals surface area contributed by atoms with Gasteiger partial charge in [0.1, 0.15) is 0 Å². The normalized spacial score (nSPS) is 17.6. The predicted molar refractivity (Wildman–Crippen MR) is 119 cm³/mol. The zero-order chi connectivity index (χ0) is 59.3. The minimum Gasteiger partial charge on any atom is -0.201 e. The van der Waals surface area contributed by atoms with Crippen molar-refractivity contribution in [3.05, 3.63) is 12.2 Å². The molecule has 47 heteroatoms. The highest BCUT2D eigenvalue weighted by Crippen LogP contribution is 2.72. The van der Waals surface area contributed by atoms with Gasteiger partial charge in [-0.25, -0.2) is 8.78 Å². The van der Waals surface area contributed by atoms with E-state index < -0.39 is 143 Å². The lowest BCUT2D eigenvalue weighted by Crippen LogP contribution is -2.81. The molecular weight excluding hydrogens is 1180 g/mol. The van der Waals surface area contributed by atoms with Gasteiger partial charge < -0.3 is 0 Å². The summed E-state index contributed by atoms with van der Waals surface area (Å²) in [6.45, 7) is 0. The first kappa shape index (κ1) is 67.5. The van der Waals surface area contributed by atoms with Crippen LogP contribution in [0.4, 0.5) is 206 Å². The fraction of sp³-hybridized carbons (Fsp3) is 0.917. The number of allylic oxidation sites excluding steroid dienone is 1. The number of hydrogen-bond acceptors (Lipinski definition) is 0. The smallest absolute Gasteiger partial charge is 0.201 e. The Balaban J connectivity index is 8.13.